The molecule has 3 nitrogen and oxygen atoms in total. The molecule has 0 bridgehead atoms. The third kappa shape index (κ3) is 2.29. The van der Waals surface area contributed by atoms with E-state index in [-0.39, 0.29) is 0 Å². The van der Waals surface area contributed by atoms with Crippen LogP contribution >= 0.6 is 0 Å². The minimum absolute atomic E-state index is 7.29. The Morgan fingerprint density at radius 2 is 0.900 bits per heavy atom. The molecule has 1 N–H and O–H groups in total. The van der Waals surface area contributed by atoms with E-state index in [2.05, 4.69) is 0 Å². The zero-order valence-corrected chi connectivity index (χ0v) is 9.15. The van der Waals surface area contributed by atoms with Gasteiger partial charge in [-0.25, -0.2) is 0 Å². The molecule has 0 unspecified atom stereocenters. The lowest BCUT2D eigenvalue weighted by Gasteiger charge is -2.35. The largest absolute Gasteiger partial charge is 0.460 e. The number of alkyl halides is 11. The maximum atomic E-state index is 12.5. The third-order valence-corrected chi connectivity index (χ3v) is 2.74. The first-order chi connectivity index (χ1) is 8.25. The molecule has 15 heteroatoms. The Kier molecular flexibility index (Phi) is 4.13. The Morgan fingerprint density at radius 1 is 0.600 bits per heavy atom. The molecule has 0 rings (SSSR count). The molecular formula is C5HF11O3S. The highest BCUT2D eigenvalue weighted by molar-refractivity contribution is 7.87. The van der Waals surface area contributed by atoms with Crippen LogP contribution in [-0.2, 0) is 10.1 Å². The van der Waals surface area contributed by atoms with Gasteiger partial charge in [-0.2, -0.15) is 56.7 Å². The van der Waals surface area contributed by atoms with Gasteiger partial charge in [0.1, 0.15) is 0 Å². The van der Waals surface area contributed by atoms with E-state index in [0.29, 0.717) is 0 Å². The highest BCUT2D eigenvalue weighted by atomic mass is 32.2. The summed E-state index contributed by atoms with van der Waals surface area (Å²) in [6.45, 7) is 0. The summed E-state index contributed by atoms with van der Waals surface area (Å²) in [6, 6.07) is 0. The first-order valence-corrected chi connectivity index (χ1v) is 5.24. The van der Waals surface area contributed by atoms with Crippen molar-refractivity contribution in [2.24, 2.45) is 0 Å². The molecule has 0 saturated heterocycles. The summed E-state index contributed by atoms with van der Waals surface area (Å²) >= 11 is 0. The minimum atomic E-state index is -7.86. The SMILES string of the molecule is O=S(=O)(O)[13C](F)(F)C(F)(F)C(F)(F)C(F)(F)C(F)(F)F. The van der Waals surface area contributed by atoms with Crippen LogP contribution in [0.2, 0.25) is 0 Å². The van der Waals surface area contributed by atoms with Crippen LogP contribution in [-0.4, -0.2) is 42.2 Å². The highest BCUT2D eigenvalue weighted by Gasteiger charge is 2.89. The van der Waals surface area contributed by atoms with Gasteiger partial charge in [0.2, 0.25) is 0 Å². The lowest BCUT2D eigenvalue weighted by Crippen LogP contribution is -2.67. The first kappa shape index (κ1) is 19.1. The van der Waals surface area contributed by atoms with Crippen molar-refractivity contribution >= 4 is 10.1 Å². The maximum Gasteiger partial charge on any atom is 0.460 e. The molecule has 122 valence electrons. The highest BCUT2D eigenvalue weighted by Crippen LogP contribution is 2.58. The van der Waals surface area contributed by atoms with Gasteiger partial charge in [-0.1, -0.05) is 0 Å². The van der Waals surface area contributed by atoms with E-state index in [9.17, 15) is 56.7 Å². The van der Waals surface area contributed by atoms with Gasteiger partial charge in [-0.3, -0.25) is 4.55 Å². The van der Waals surface area contributed by atoms with Crippen molar-refractivity contribution in [1.82, 2.24) is 0 Å². The molecule has 0 aromatic carbocycles. The van der Waals surface area contributed by atoms with Gasteiger partial charge in [0.25, 0.3) is 0 Å². The molecule has 20 heavy (non-hydrogen) atoms. The Hall–Kier alpha value is -0.860. The fourth-order valence-corrected chi connectivity index (χ4v) is 1.17. The van der Waals surface area contributed by atoms with Gasteiger partial charge < -0.3 is 0 Å². The van der Waals surface area contributed by atoms with Gasteiger partial charge in [-0.05, 0) is 0 Å². The Balaban J connectivity index is 6.22. The van der Waals surface area contributed by atoms with Gasteiger partial charge >= 0.3 is 39.3 Å². The summed E-state index contributed by atoms with van der Waals surface area (Å²) in [4.78, 5) is 0. The van der Waals surface area contributed by atoms with Gasteiger partial charge in [0, 0.05) is 0 Å². The van der Waals surface area contributed by atoms with Crippen LogP contribution in [0, 0.1) is 0 Å². The topological polar surface area (TPSA) is 54.4 Å². The van der Waals surface area contributed by atoms with Gasteiger partial charge in [0.15, 0.2) is 0 Å². The van der Waals surface area contributed by atoms with E-state index in [1.807, 2.05) is 0 Å². The number of hydrogen-bond acceptors (Lipinski definition) is 2. The molecule has 0 radical (unpaired) electrons. The standard InChI is InChI=1S/C5HF11O3S/c6-1(7,2(8,9)4(12,13)14)3(10,11)5(15,16)20(17,18)19/h(H,17,18,19)/i5+1. The normalized spacial score (nSPS) is 16.4. The van der Waals surface area contributed by atoms with Gasteiger partial charge in [-0.15, -0.1) is 0 Å². The molecule has 0 aromatic heterocycles. The van der Waals surface area contributed by atoms with E-state index in [4.69, 9.17) is 4.55 Å². The van der Waals surface area contributed by atoms with Crippen molar-refractivity contribution < 1.29 is 61.3 Å². The van der Waals surface area contributed by atoms with Crippen LogP contribution in [0.4, 0.5) is 48.3 Å². The molecule has 0 atom stereocenters. The lowest BCUT2D eigenvalue weighted by molar-refractivity contribution is -0.413. The van der Waals surface area contributed by atoms with Crippen molar-refractivity contribution in [3.63, 3.8) is 0 Å². The Morgan fingerprint density at radius 3 is 1.10 bits per heavy atom. The fourth-order valence-electron chi connectivity index (χ4n) is 0.720. The summed E-state index contributed by atoms with van der Waals surface area (Å²) < 4.78 is 161. The smallest absolute Gasteiger partial charge is 0.281 e. The fraction of sp³-hybridized carbons (Fsp3) is 1.00. The molecule has 0 aliphatic carbocycles. The molecule has 0 aliphatic rings. The van der Waals surface area contributed by atoms with Crippen molar-refractivity contribution in [2.45, 2.75) is 29.2 Å². The zero-order valence-electron chi connectivity index (χ0n) is 8.33. The second-order valence-electron chi connectivity index (χ2n) is 3.21. The predicted octanol–water partition coefficient (Wildman–Crippen LogP) is 2.94. The van der Waals surface area contributed by atoms with Crippen LogP contribution in [0.5, 0.6) is 0 Å². The summed E-state index contributed by atoms with van der Waals surface area (Å²) in [7, 11) is -7.41. The summed E-state index contributed by atoms with van der Waals surface area (Å²) in [5.41, 5.74) is 0. The number of hydrogen-bond donors (Lipinski definition) is 1. The molecule has 0 fully saturated rings. The van der Waals surface area contributed by atoms with Crippen LogP contribution in [0.15, 0.2) is 0 Å². The average Bonchev–Trinajstić information content (AvgIpc) is 2.12. The van der Waals surface area contributed by atoms with Crippen molar-refractivity contribution in [1.29, 1.82) is 0 Å². The van der Waals surface area contributed by atoms with E-state index in [1.54, 1.807) is 0 Å². The Labute approximate surface area is 102 Å². The quantitative estimate of drug-likeness (QED) is 0.481. The molecular weight excluding hydrogens is 350 g/mol. The molecule has 0 spiro atoms. The monoisotopic (exact) mass is 351 g/mol. The molecule has 0 aliphatic heterocycles. The molecule has 0 heterocycles. The number of halogens is 11. The van der Waals surface area contributed by atoms with E-state index < -0.39 is 39.3 Å². The third-order valence-electron chi connectivity index (χ3n) is 1.83. The van der Waals surface area contributed by atoms with Crippen molar-refractivity contribution in [3.05, 3.63) is 0 Å². The molecule has 0 saturated carbocycles. The van der Waals surface area contributed by atoms with Crippen LogP contribution in [0.3, 0.4) is 0 Å². The maximum absolute atomic E-state index is 12.5. The van der Waals surface area contributed by atoms with Crippen LogP contribution < -0.4 is 0 Å². The molecule has 0 aromatic rings. The van der Waals surface area contributed by atoms with E-state index in [1.165, 1.54) is 0 Å². The number of rotatable bonds is 4. The summed E-state index contributed by atoms with van der Waals surface area (Å²) in [6.07, 6.45) is -7.39. The lowest BCUT2D eigenvalue weighted by atomic mass is 10.1. The van der Waals surface area contributed by atoms with Crippen molar-refractivity contribution in [2.75, 3.05) is 0 Å². The first-order valence-electron chi connectivity index (χ1n) is 3.80. The summed E-state index contributed by atoms with van der Waals surface area (Å²) in [5.74, 6) is -23.3. The Bertz CT molecular complexity index is 475. The molecule has 0 amide bonds. The minimum Gasteiger partial charge on any atom is -0.281 e. The van der Waals surface area contributed by atoms with Crippen LogP contribution in [0.1, 0.15) is 0 Å². The second kappa shape index (κ2) is 4.32. The van der Waals surface area contributed by atoms with Crippen molar-refractivity contribution in [3.8, 4) is 0 Å². The van der Waals surface area contributed by atoms with Crippen LogP contribution in [0.25, 0.3) is 0 Å². The summed E-state index contributed by atoms with van der Waals surface area (Å²) in [5, 5.41) is -7.29. The van der Waals surface area contributed by atoms with E-state index >= 15 is 0 Å². The van der Waals surface area contributed by atoms with Gasteiger partial charge in [0.05, 0.1) is 0 Å². The predicted molar refractivity (Wildman–Crippen MR) is 37.4 cm³/mol. The second-order valence-corrected chi connectivity index (χ2v) is 4.68. The average molecular weight is 351 g/mol. The van der Waals surface area contributed by atoms with E-state index in [0.717, 1.165) is 0 Å². The zero-order chi connectivity index (χ0) is 17.0.